The Bertz CT molecular complexity index is 505. The van der Waals surface area contributed by atoms with Crippen LogP contribution in [0.25, 0.3) is 0 Å². The summed E-state index contributed by atoms with van der Waals surface area (Å²) in [5.74, 6) is -1.08. The fourth-order valence-electron chi connectivity index (χ4n) is 1.64. The number of aryl methyl sites for hydroxylation is 2. The van der Waals surface area contributed by atoms with E-state index in [1.807, 2.05) is 0 Å². The normalized spacial score (nSPS) is 10.3. The lowest BCUT2D eigenvalue weighted by molar-refractivity contribution is -0.118. The van der Waals surface area contributed by atoms with Gasteiger partial charge in [0.15, 0.2) is 0 Å². The van der Waals surface area contributed by atoms with Gasteiger partial charge in [0.05, 0.1) is 17.9 Å². The van der Waals surface area contributed by atoms with E-state index in [4.69, 9.17) is 4.74 Å². The van der Waals surface area contributed by atoms with E-state index in [1.165, 1.54) is 0 Å². The van der Waals surface area contributed by atoms with Crippen LogP contribution in [0, 0.1) is 13.8 Å². The van der Waals surface area contributed by atoms with Crippen LogP contribution in [0.5, 0.6) is 0 Å². The number of nitrogens with one attached hydrogen (secondary N) is 1. The molecule has 0 saturated carbocycles. The van der Waals surface area contributed by atoms with Crippen LogP contribution in [-0.2, 0) is 9.53 Å². The third-order valence-corrected chi connectivity index (χ3v) is 3.47. The summed E-state index contributed by atoms with van der Waals surface area (Å²) in [7, 11) is 1.56. The van der Waals surface area contributed by atoms with E-state index in [1.54, 1.807) is 27.0 Å². The van der Waals surface area contributed by atoms with E-state index in [2.05, 4.69) is 10.3 Å². The molecular weight excluding hydrogens is 280 g/mol. The predicted octanol–water partition coefficient (Wildman–Crippen LogP) is 1.25. The number of pyridine rings is 1. The summed E-state index contributed by atoms with van der Waals surface area (Å²) in [6, 6.07) is 1.71. The minimum absolute atomic E-state index is 0.125. The molecule has 1 rings (SSSR count). The van der Waals surface area contributed by atoms with Crippen LogP contribution in [0.3, 0.4) is 0 Å². The fraction of sp³-hybridized carbons (Fsp3) is 0.462. The van der Waals surface area contributed by atoms with Crippen molar-refractivity contribution in [3.05, 3.63) is 22.9 Å². The zero-order valence-electron chi connectivity index (χ0n) is 11.7. The van der Waals surface area contributed by atoms with Gasteiger partial charge < -0.3 is 15.2 Å². The molecule has 0 radical (unpaired) electrons. The zero-order chi connectivity index (χ0) is 15.1. The molecule has 20 heavy (non-hydrogen) atoms. The molecule has 0 aliphatic heterocycles. The Balaban J connectivity index is 2.72. The van der Waals surface area contributed by atoms with E-state index in [9.17, 15) is 14.7 Å². The molecule has 0 bridgehead atoms. The highest BCUT2D eigenvalue weighted by Gasteiger charge is 2.17. The number of thioether (sulfide) groups is 1. The molecule has 0 spiro atoms. The molecule has 1 heterocycles. The predicted molar refractivity (Wildman–Crippen MR) is 76.3 cm³/mol. The van der Waals surface area contributed by atoms with Crippen molar-refractivity contribution in [2.45, 2.75) is 18.9 Å². The van der Waals surface area contributed by atoms with Gasteiger partial charge in [-0.25, -0.2) is 9.78 Å². The maximum absolute atomic E-state index is 11.6. The first kappa shape index (κ1) is 16.5. The topological polar surface area (TPSA) is 88.5 Å². The van der Waals surface area contributed by atoms with Gasteiger partial charge in [0.25, 0.3) is 0 Å². The van der Waals surface area contributed by atoms with Crippen LogP contribution < -0.4 is 5.32 Å². The molecule has 1 amide bonds. The summed E-state index contributed by atoms with van der Waals surface area (Å²) < 4.78 is 4.83. The Morgan fingerprint density at radius 1 is 1.45 bits per heavy atom. The van der Waals surface area contributed by atoms with Crippen molar-refractivity contribution in [2.24, 2.45) is 0 Å². The second-order valence-electron chi connectivity index (χ2n) is 4.20. The second kappa shape index (κ2) is 7.86. The first-order valence-electron chi connectivity index (χ1n) is 6.05. The van der Waals surface area contributed by atoms with Gasteiger partial charge in [-0.05, 0) is 25.5 Å². The average molecular weight is 298 g/mol. The molecule has 6 nitrogen and oxygen atoms in total. The van der Waals surface area contributed by atoms with Crippen LogP contribution in [0.2, 0.25) is 0 Å². The number of carboxylic acid groups (broad SMARTS) is 1. The highest BCUT2D eigenvalue weighted by molar-refractivity contribution is 8.00. The Kier molecular flexibility index (Phi) is 6.47. The molecule has 0 saturated heterocycles. The van der Waals surface area contributed by atoms with E-state index < -0.39 is 5.97 Å². The number of nitrogens with zero attached hydrogens (tertiary/aromatic N) is 1. The van der Waals surface area contributed by atoms with Gasteiger partial charge in [0.1, 0.15) is 5.03 Å². The molecule has 0 aliphatic carbocycles. The number of aromatic nitrogens is 1. The van der Waals surface area contributed by atoms with Crippen molar-refractivity contribution in [1.82, 2.24) is 10.3 Å². The largest absolute Gasteiger partial charge is 0.478 e. The second-order valence-corrected chi connectivity index (χ2v) is 5.16. The first-order valence-corrected chi connectivity index (χ1v) is 7.04. The zero-order valence-corrected chi connectivity index (χ0v) is 12.5. The highest BCUT2D eigenvalue weighted by Crippen LogP contribution is 2.24. The third-order valence-electron chi connectivity index (χ3n) is 2.49. The van der Waals surface area contributed by atoms with E-state index in [0.29, 0.717) is 23.7 Å². The number of amides is 1. The molecule has 1 aromatic rings. The number of carbonyl (C=O) groups excluding carboxylic acids is 1. The van der Waals surface area contributed by atoms with Gasteiger partial charge in [-0.15, -0.1) is 0 Å². The van der Waals surface area contributed by atoms with Gasteiger partial charge in [0.2, 0.25) is 5.91 Å². The van der Waals surface area contributed by atoms with E-state index >= 15 is 0 Å². The average Bonchev–Trinajstić information content (AvgIpc) is 2.35. The van der Waals surface area contributed by atoms with Crippen LogP contribution in [0.4, 0.5) is 0 Å². The first-order chi connectivity index (χ1) is 9.45. The number of rotatable bonds is 7. The number of carbonyl (C=O) groups is 2. The van der Waals surface area contributed by atoms with Gasteiger partial charge >= 0.3 is 5.97 Å². The third kappa shape index (κ3) is 4.82. The Morgan fingerprint density at radius 2 is 2.15 bits per heavy atom. The Labute approximate surface area is 121 Å². The summed E-state index contributed by atoms with van der Waals surface area (Å²) in [6.07, 6.45) is 0. The Hall–Kier alpha value is -1.60. The van der Waals surface area contributed by atoms with Crippen molar-refractivity contribution >= 4 is 23.6 Å². The molecule has 110 valence electrons. The minimum Gasteiger partial charge on any atom is -0.478 e. The molecule has 1 aromatic heterocycles. The highest BCUT2D eigenvalue weighted by atomic mass is 32.2. The quantitative estimate of drug-likeness (QED) is 0.582. The van der Waals surface area contributed by atoms with Crippen molar-refractivity contribution in [3.63, 3.8) is 0 Å². The summed E-state index contributed by atoms with van der Waals surface area (Å²) in [5, 5.41) is 12.2. The minimum atomic E-state index is -1.03. The van der Waals surface area contributed by atoms with E-state index in [-0.39, 0.29) is 17.2 Å². The van der Waals surface area contributed by atoms with Crippen LogP contribution >= 0.6 is 11.8 Å². The molecule has 2 N–H and O–H groups in total. The number of hydrogen-bond donors (Lipinski definition) is 2. The SMILES string of the molecule is COCCNC(=O)CSc1nc(C)cc(C)c1C(=O)O. The smallest absolute Gasteiger partial charge is 0.338 e. The summed E-state index contributed by atoms with van der Waals surface area (Å²) in [4.78, 5) is 27.0. The standard InChI is InChI=1S/C13H18N2O4S/c1-8-6-9(2)15-12(11(8)13(17)18)20-7-10(16)14-4-5-19-3/h6H,4-5,7H2,1-3H3,(H,14,16)(H,17,18). The van der Waals surface area contributed by atoms with Crippen molar-refractivity contribution in [1.29, 1.82) is 0 Å². The molecule has 7 heteroatoms. The molecular formula is C13H18N2O4S. The fourth-order valence-corrected chi connectivity index (χ4v) is 2.62. The number of hydrogen-bond acceptors (Lipinski definition) is 5. The van der Waals surface area contributed by atoms with Crippen LogP contribution in [0.1, 0.15) is 21.6 Å². The Morgan fingerprint density at radius 3 is 2.75 bits per heavy atom. The number of carboxylic acids is 1. The van der Waals surface area contributed by atoms with Crippen LogP contribution in [0.15, 0.2) is 11.1 Å². The lowest BCUT2D eigenvalue weighted by Gasteiger charge is -2.09. The maximum Gasteiger partial charge on any atom is 0.338 e. The number of ether oxygens (including phenoxy) is 1. The summed E-state index contributed by atoms with van der Waals surface area (Å²) in [5.41, 5.74) is 1.53. The lowest BCUT2D eigenvalue weighted by atomic mass is 10.1. The molecule has 0 unspecified atom stereocenters. The van der Waals surface area contributed by atoms with Gasteiger partial charge in [0, 0.05) is 19.3 Å². The molecule has 0 fully saturated rings. The maximum atomic E-state index is 11.6. The lowest BCUT2D eigenvalue weighted by Crippen LogP contribution is -2.28. The van der Waals surface area contributed by atoms with Crippen molar-refractivity contribution in [2.75, 3.05) is 26.0 Å². The van der Waals surface area contributed by atoms with Gasteiger partial charge in [-0.1, -0.05) is 11.8 Å². The van der Waals surface area contributed by atoms with Crippen molar-refractivity contribution in [3.8, 4) is 0 Å². The summed E-state index contributed by atoms with van der Waals surface area (Å²) in [6.45, 7) is 4.39. The monoisotopic (exact) mass is 298 g/mol. The van der Waals surface area contributed by atoms with Crippen molar-refractivity contribution < 1.29 is 19.4 Å². The van der Waals surface area contributed by atoms with Gasteiger partial charge in [-0.2, -0.15) is 0 Å². The number of methoxy groups -OCH3 is 1. The number of aromatic carboxylic acids is 1. The summed E-state index contributed by atoms with van der Waals surface area (Å²) >= 11 is 1.13. The molecule has 0 aliphatic rings. The van der Waals surface area contributed by atoms with E-state index in [0.717, 1.165) is 17.5 Å². The van der Waals surface area contributed by atoms with Crippen LogP contribution in [-0.4, -0.2) is 48.0 Å². The molecule has 0 atom stereocenters. The molecule has 0 aromatic carbocycles. The van der Waals surface area contributed by atoms with Gasteiger partial charge in [-0.3, -0.25) is 4.79 Å².